The molecule has 2 aromatic carbocycles. The third-order valence-electron chi connectivity index (χ3n) is 4.63. The predicted molar refractivity (Wildman–Crippen MR) is 102 cm³/mol. The van der Waals surface area contributed by atoms with Gasteiger partial charge in [0.15, 0.2) is 5.16 Å². The molecule has 0 saturated carbocycles. The van der Waals surface area contributed by atoms with E-state index in [1.807, 2.05) is 50.2 Å². The molecule has 1 aliphatic heterocycles. The predicted octanol–water partition coefficient (Wildman–Crippen LogP) is 3.41. The van der Waals surface area contributed by atoms with E-state index >= 15 is 0 Å². The van der Waals surface area contributed by atoms with Gasteiger partial charge in [0.2, 0.25) is 0 Å². The molecule has 3 aromatic rings. The number of para-hydroxylation sites is 1. The first kappa shape index (κ1) is 16.8. The number of hydrogen-bond donors (Lipinski definition) is 0. The van der Waals surface area contributed by atoms with Crippen LogP contribution in [0, 0.1) is 13.8 Å². The van der Waals surface area contributed by atoms with E-state index in [1.165, 1.54) is 11.8 Å². The van der Waals surface area contributed by atoms with Crippen LogP contribution in [0.5, 0.6) is 0 Å². The molecule has 6 heteroatoms. The summed E-state index contributed by atoms with van der Waals surface area (Å²) >= 11 is 1.30. The molecule has 1 unspecified atom stereocenters. The second kappa shape index (κ2) is 6.61. The normalized spacial score (nSPS) is 16.8. The van der Waals surface area contributed by atoms with Crippen LogP contribution in [-0.4, -0.2) is 27.4 Å². The van der Waals surface area contributed by atoms with Crippen molar-refractivity contribution < 1.29 is 9.53 Å². The van der Waals surface area contributed by atoms with Gasteiger partial charge in [-0.15, -0.1) is 0 Å². The standard InChI is InChI=1S/C20H18N2O3S/c1-12-7-8-14(11-13(12)2)22-18(23)15-5-3-4-6-16(15)21-20(22)26-17-9-10-25-19(17)24/h3-8,11,17H,9-10H2,1-2H3. The number of ether oxygens (including phenoxy) is 1. The van der Waals surface area contributed by atoms with Crippen LogP contribution in [0.4, 0.5) is 0 Å². The molecule has 0 aliphatic carbocycles. The fourth-order valence-corrected chi connectivity index (χ4v) is 4.07. The van der Waals surface area contributed by atoms with E-state index in [0.29, 0.717) is 29.1 Å². The largest absolute Gasteiger partial charge is 0.465 e. The van der Waals surface area contributed by atoms with Crippen molar-refractivity contribution in [1.29, 1.82) is 0 Å². The summed E-state index contributed by atoms with van der Waals surface area (Å²) in [5.41, 5.74) is 3.51. The Morgan fingerprint density at radius 2 is 1.92 bits per heavy atom. The van der Waals surface area contributed by atoms with Crippen LogP contribution in [-0.2, 0) is 9.53 Å². The minimum atomic E-state index is -0.333. The summed E-state index contributed by atoms with van der Waals surface area (Å²) in [5.74, 6) is -0.246. The molecule has 1 aliphatic rings. The third kappa shape index (κ3) is 2.90. The van der Waals surface area contributed by atoms with Crippen LogP contribution < -0.4 is 5.56 Å². The molecule has 0 bridgehead atoms. The van der Waals surface area contributed by atoms with E-state index in [-0.39, 0.29) is 16.8 Å². The second-order valence-electron chi connectivity index (χ2n) is 6.38. The Morgan fingerprint density at radius 1 is 1.12 bits per heavy atom. The van der Waals surface area contributed by atoms with Gasteiger partial charge in [0, 0.05) is 6.42 Å². The maximum Gasteiger partial charge on any atom is 0.319 e. The Kier molecular flexibility index (Phi) is 4.28. The average Bonchev–Trinajstić information content (AvgIpc) is 3.03. The first-order chi connectivity index (χ1) is 12.5. The van der Waals surface area contributed by atoms with Crippen LogP contribution in [0.3, 0.4) is 0 Å². The van der Waals surface area contributed by atoms with Crippen molar-refractivity contribution in [2.45, 2.75) is 30.7 Å². The SMILES string of the molecule is Cc1ccc(-n2c(SC3CCOC3=O)nc3ccccc3c2=O)cc1C. The van der Waals surface area contributed by atoms with E-state index in [0.717, 1.165) is 16.8 Å². The number of hydrogen-bond acceptors (Lipinski definition) is 5. The Labute approximate surface area is 155 Å². The molecule has 5 nitrogen and oxygen atoms in total. The summed E-state index contributed by atoms with van der Waals surface area (Å²) in [6, 6.07) is 13.2. The Morgan fingerprint density at radius 3 is 2.65 bits per heavy atom. The maximum absolute atomic E-state index is 13.2. The molecule has 1 atom stereocenters. The first-order valence-corrected chi connectivity index (χ1v) is 9.35. The molecular weight excluding hydrogens is 348 g/mol. The van der Waals surface area contributed by atoms with Gasteiger partial charge in [0.25, 0.3) is 5.56 Å². The van der Waals surface area contributed by atoms with Gasteiger partial charge < -0.3 is 4.74 Å². The zero-order valence-electron chi connectivity index (χ0n) is 14.6. The number of carbonyl (C=O) groups is 1. The molecule has 1 aromatic heterocycles. The molecule has 26 heavy (non-hydrogen) atoms. The Bertz CT molecular complexity index is 1070. The van der Waals surface area contributed by atoms with Crippen molar-refractivity contribution in [3.63, 3.8) is 0 Å². The zero-order valence-corrected chi connectivity index (χ0v) is 15.4. The number of aryl methyl sites for hydroxylation is 2. The third-order valence-corrected chi connectivity index (χ3v) is 5.83. The number of aromatic nitrogens is 2. The number of carbonyl (C=O) groups excluding carboxylic acids is 1. The number of benzene rings is 2. The fraction of sp³-hybridized carbons (Fsp3) is 0.250. The molecule has 4 rings (SSSR count). The number of fused-ring (bicyclic) bond motifs is 1. The van der Waals surface area contributed by atoms with Crippen molar-refractivity contribution in [1.82, 2.24) is 9.55 Å². The lowest BCUT2D eigenvalue weighted by atomic mass is 10.1. The molecule has 0 amide bonds. The fourth-order valence-electron chi connectivity index (χ4n) is 3.00. The van der Waals surface area contributed by atoms with E-state index in [2.05, 4.69) is 4.98 Å². The van der Waals surface area contributed by atoms with E-state index < -0.39 is 0 Å². The Balaban J connectivity index is 1.94. The molecule has 1 saturated heterocycles. The van der Waals surface area contributed by atoms with Gasteiger partial charge in [-0.25, -0.2) is 4.98 Å². The van der Waals surface area contributed by atoms with Crippen molar-refractivity contribution in [2.24, 2.45) is 0 Å². The lowest BCUT2D eigenvalue weighted by molar-refractivity contribution is -0.137. The van der Waals surface area contributed by atoms with Gasteiger partial charge in [-0.2, -0.15) is 0 Å². The van der Waals surface area contributed by atoms with Gasteiger partial charge in [0.1, 0.15) is 5.25 Å². The summed E-state index contributed by atoms with van der Waals surface area (Å²) in [4.78, 5) is 29.8. The van der Waals surface area contributed by atoms with Gasteiger partial charge >= 0.3 is 5.97 Å². The highest BCUT2D eigenvalue weighted by molar-refractivity contribution is 8.00. The lowest BCUT2D eigenvalue weighted by Gasteiger charge is -2.15. The molecule has 132 valence electrons. The van der Waals surface area contributed by atoms with Crippen LogP contribution in [0.25, 0.3) is 16.6 Å². The van der Waals surface area contributed by atoms with Crippen LogP contribution in [0.2, 0.25) is 0 Å². The number of nitrogens with zero attached hydrogens (tertiary/aromatic N) is 2. The van der Waals surface area contributed by atoms with E-state index in [9.17, 15) is 9.59 Å². The smallest absolute Gasteiger partial charge is 0.319 e. The first-order valence-electron chi connectivity index (χ1n) is 8.47. The molecule has 0 spiro atoms. The summed E-state index contributed by atoms with van der Waals surface area (Å²) in [5, 5.41) is 0.741. The van der Waals surface area contributed by atoms with Gasteiger partial charge in [-0.05, 0) is 49.2 Å². The van der Waals surface area contributed by atoms with E-state index in [1.54, 1.807) is 10.6 Å². The molecule has 0 radical (unpaired) electrons. The maximum atomic E-state index is 13.2. The monoisotopic (exact) mass is 366 g/mol. The summed E-state index contributed by atoms with van der Waals surface area (Å²) in [6.07, 6.45) is 0.624. The number of esters is 1. The van der Waals surface area contributed by atoms with Crippen LogP contribution in [0.1, 0.15) is 17.5 Å². The van der Waals surface area contributed by atoms with Crippen molar-refractivity contribution in [3.8, 4) is 5.69 Å². The zero-order chi connectivity index (χ0) is 18.3. The summed E-state index contributed by atoms with van der Waals surface area (Å²) in [6.45, 7) is 4.46. The molecule has 0 N–H and O–H groups in total. The van der Waals surface area contributed by atoms with Gasteiger partial charge in [0.05, 0.1) is 23.2 Å². The molecule has 2 heterocycles. The summed E-state index contributed by atoms with van der Waals surface area (Å²) in [7, 11) is 0. The molecule has 1 fully saturated rings. The van der Waals surface area contributed by atoms with Gasteiger partial charge in [-0.1, -0.05) is 30.0 Å². The Hall–Kier alpha value is -2.60. The summed E-state index contributed by atoms with van der Waals surface area (Å²) < 4.78 is 6.66. The highest BCUT2D eigenvalue weighted by Crippen LogP contribution is 2.30. The highest BCUT2D eigenvalue weighted by Gasteiger charge is 2.29. The minimum absolute atomic E-state index is 0.132. The van der Waals surface area contributed by atoms with Crippen molar-refractivity contribution in [2.75, 3.05) is 6.61 Å². The number of rotatable bonds is 3. The topological polar surface area (TPSA) is 61.2 Å². The quantitative estimate of drug-likeness (QED) is 0.525. The minimum Gasteiger partial charge on any atom is -0.465 e. The van der Waals surface area contributed by atoms with E-state index in [4.69, 9.17) is 4.74 Å². The van der Waals surface area contributed by atoms with Crippen molar-refractivity contribution in [3.05, 3.63) is 63.9 Å². The highest BCUT2D eigenvalue weighted by atomic mass is 32.2. The van der Waals surface area contributed by atoms with Gasteiger partial charge in [-0.3, -0.25) is 14.2 Å². The van der Waals surface area contributed by atoms with Crippen molar-refractivity contribution >= 4 is 28.6 Å². The molecular formula is C20H18N2O3S. The second-order valence-corrected chi connectivity index (χ2v) is 7.55. The number of thioether (sulfide) groups is 1. The average molecular weight is 366 g/mol. The number of cyclic esters (lactones) is 1. The van der Waals surface area contributed by atoms with Crippen LogP contribution >= 0.6 is 11.8 Å². The van der Waals surface area contributed by atoms with Crippen LogP contribution in [0.15, 0.2) is 52.4 Å². The lowest BCUT2D eigenvalue weighted by Crippen LogP contribution is -2.23.